The van der Waals surface area contributed by atoms with Crippen LogP contribution in [-0.4, -0.2) is 42.8 Å². The lowest BCUT2D eigenvalue weighted by Gasteiger charge is -2.13. The van der Waals surface area contributed by atoms with Gasteiger partial charge in [0.15, 0.2) is 0 Å². The van der Waals surface area contributed by atoms with E-state index in [2.05, 4.69) is 17.0 Å². The highest BCUT2D eigenvalue weighted by Crippen LogP contribution is 2.32. The van der Waals surface area contributed by atoms with E-state index in [1.165, 1.54) is 18.2 Å². The average Bonchev–Trinajstić information content (AvgIpc) is 3.10. The predicted octanol–water partition coefficient (Wildman–Crippen LogP) is 1.31. The Balaban J connectivity index is 1.97. The van der Waals surface area contributed by atoms with Crippen molar-refractivity contribution in [1.29, 1.82) is 0 Å². The van der Waals surface area contributed by atoms with Gasteiger partial charge in [0.25, 0.3) is 0 Å². The minimum absolute atomic E-state index is 0.417. The zero-order valence-electron chi connectivity index (χ0n) is 13.8. The van der Waals surface area contributed by atoms with Gasteiger partial charge in [0.2, 0.25) is 0 Å². The Morgan fingerprint density at radius 2 is 2.00 bits per heavy atom. The number of fused-ring (bicyclic) bond motifs is 2. The number of benzene rings is 1. The second-order valence-electron chi connectivity index (χ2n) is 6.04. The molecule has 2 N–H and O–H groups in total. The van der Waals surface area contributed by atoms with E-state index in [-0.39, 0.29) is 0 Å². The molecule has 0 radical (unpaired) electrons. The van der Waals surface area contributed by atoms with Gasteiger partial charge in [0, 0.05) is 56.5 Å². The molecule has 1 aromatic carbocycles. The van der Waals surface area contributed by atoms with Crippen molar-refractivity contribution < 1.29 is 14.3 Å². The SMILES string of the molecule is COCCN1Cc2cc3c(C(N)C(=O)OC)cn(C)c3cc2C1. The maximum atomic E-state index is 11.8. The van der Waals surface area contributed by atoms with Crippen molar-refractivity contribution in [3.05, 3.63) is 35.0 Å². The smallest absolute Gasteiger partial charge is 0.327 e. The largest absolute Gasteiger partial charge is 0.468 e. The number of aryl methyl sites for hydroxylation is 1. The minimum atomic E-state index is -0.757. The first-order valence-electron chi connectivity index (χ1n) is 7.70. The van der Waals surface area contributed by atoms with Crippen molar-refractivity contribution in [2.45, 2.75) is 19.1 Å². The van der Waals surface area contributed by atoms with Gasteiger partial charge in [-0.05, 0) is 23.3 Å². The van der Waals surface area contributed by atoms with Crippen LogP contribution >= 0.6 is 0 Å². The van der Waals surface area contributed by atoms with Crippen LogP contribution in [0.25, 0.3) is 10.9 Å². The van der Waals surface area contributed by atoms with E-state index in [9.17, 15) is 4.79 Å². The van der Waals surface area contributed by atoms with Crippen molar-refractivity contribution in [3.63, 3.8) is 0 Å². The van der Waals surface area contributed by atoms with Gasteiger partial charge in [-0.1, -0.05) is 0 Å². The number of nitrogens with two attached hydrogens (primary N) is 1. The molecule has 6 heteroatoms. The van der Waals surface area contributed by atoms with E-state index >= 15 is 0 Å². The van der Waals surface area contributed by atoms with Crippen LogP contribution in [0.5, 0.6) is 0 Å². The number of ether oxygens (including phenoxy) is 2. The highest BCUT2D eigenvalue weighted by atomic mass is 16.5. The quantitative estimate of drug-likeness (QED) is 0.842. The van der Waals surface area contributed by atoms with Crippen molar-refractivity contribution >= 4 is 16.9 Å². The first kappa shape index (κ1) is 16.0. The zero-order valence-corrected chi connectivity index (χ0v) is 13.8. The summed E-state index contributed by atoms with van der Waals surface area (Å²) in [5.74, 6) is -0.417. The molecular formula is C17H23N3O3. The summed E-state index contributed by atoms with van der Waals surface area (Å²) in [7, 11) is 5.05. The van der Waals surface area contributed by atoms with Gasteiger partial charge in [-0.25, -0.2) is 0 Å². The third-order valence-corrected chi connectivity index (χ3v) is 4.53. The average molecular weight is 317 g/mol. The molecule has 0 aliphatic carbocycles. The first-order valence-corrected chi connectivity index (χ1v) is 7.70. The summed E-state index contributed by atoms with van der Waals surface area (Å²) in [6.07, 6.45) is 1.92. The molecule has 2 heterocycles. The molecule has 0 spiro atoms. The van der Waals surface area contributed by atoms with Crippen LogP contribution in [0.2, 0.25) is 0 Å². The Morgan fingerprint density at radius 1 is 1.30 bits per heavy atom. The molecule has 2 aromatic rings. The second kappa shape index (κ2) is 6.31. The highest BCUT2D eigenvalue weighted by molar-refractivity contribution is 5.91. The maximum absolute atomic E-state index is 11.8. The normalized spacial score (nSPS) is 15.8. The van der Waals surface area contributed by atoms with Crippen LogP contribution in [0.15, 0.2) is 18.3 Å². The molecule has 1 aliphatic heterocycles. The van der Waals surface area contributed by atoms with E-state index in [1.807, 2.05) is 17.8 Å². The van der Waals surface area contributed by atoms with Gasteiger partial charge < -0.3 is 19.8 Å². The van der Waals surface area contributed by atoms with E-state index in [0.29, 0.717) is 0 Å². The number of carbonyl (C=O) groups is 1. The topological polar surface area (TPSA) is 69.7 Å². The predicted molar refractivity (Wildman–Crippen MR) is 87.9 cm³/mol. The Kier molecular flexibility index (Phi) is 4.39. The summed E-state index contributed by atoms with van der Waals surface area (Å²) < 4.78 is 12.0. The molecule has 124 valence electrons. The fraction of sp³-hybridized carbons (Fsp3) is 0.471. The number of esters is 1. The summed E-state index contributed by atoms with van der Waals surface area (Å²) in [5.41, 5.74) is 10.6. The molecule has 1 aromatic heterocycles. The van der Waals surface area contributed by atoms with Crippen LogP contribution in [0.4, 0.5) is 0 Å². The molecule has 23 heavy (non-hydrogen) atoms. The lowest BCUT2D eigenvalue weighted by atomic mass is 10.0. The summed E-state index contributed by atoms with van der Waals surface area (Å²) in [6, 6.07) is 3.60. The van der Waals surface area contributed by atoms with Crippen LogP contribution < -0.4 is 5.73 Å². The second-order valence-corrected chi connectivity index (χ2v) is 6.04. The van der Waals surface area contributed by atoms with Crippen LogP contribution in [-0.2, 0) is 34.4 Å². The van der Waals surface area contributed by atoms with E-state index in [0.717, 1.165) is 42.7 Å². The molecule has 0 saturated heterocycles. The molecule has 6 nitrogen and oxygen atoms in total. The molecule has 1 aliphatic rings. The Hall–Kier alpha value is -1.89. The summed E-state index contributed by atoms with van der Waals surface area (Å²) in [4.78, 5) is 14.1. The number of methoxy groups -OCH3 is 2. The monoisotopic (exact) mass is 317 g/mol. The van der Waals surface area contributed by atoms with E-state index in [1.54, 1.807) is 7.11 Å². The highest BCUT2D eigenvalue weighted by Gasteiger charge is 2.24. The van der Waals surface area contributed by atoms with Gasteiger partial charge in [-0.15, -0.1) is 0 Å². The first-order chi connectivity index (χ1) is 11.0. The van der Waals surface area contributed by atoms with Crippen molar-refractivity contribution in [2.24, 2.45) is 12.8 Å². The third-order valence-electron chi connectivity index (χ3n) is 4.53. The van der Waals surface area contributed by atoms with Crippen LogP contribution in [0.3, 0.4) is 0 Å². The number of nitrogens with zero attached hydrogens (tertiary/aromatic N) is 2. The Morgan fingerprint density at radius 3 is 2.65 bits per heavy atom. The summed E-state index contributed by atoms with van der Waals surface area (Å²) in [5, 5.41) is 1.03. The number of carbonyl (C=O) groups excluding carboxylic acids is 1. The Bertz CT molecular complexity index is 738. The van der Waals surface area contributed by atoms with E-state index < -0.39 is 12.0 Å². The standard InChI is InChI=1S/C17H23N3O3/c1-19-10-14(16(18)17(21)23-3)13-6-11-8-20(4-5-22-2)9-12(11)7-15(13)19/h6-7,10,16H,4-5,8-9,18H2,1-3H3. The van der Waals surface area contributed by atoms with Crippen molar-refractivity contribution in [2.75, 3.05) is 27.4 Å². The van der Waals surface area contributed by atoms with Gasteiger partial charge in [0.05, 0.1) is 13.7 Å². The third kappa shape index (κ3) is 2.85. The number of rotatable bonds is 5. The number of aromatic nitrogens is 1. The van der Waals surface area contributed by atoms with Gasteiger partial charge >= 0.3 is 5.97 Å². The van der Waals surface area contributed by atoms with Crippen LogP contribution in [0, 0.1) is 0 Å². The molecule has 0 bridgehead atoms. The summed E-state index contributed by atoms with van der Waals surface area (Å²) >= 11 is 0. The lowest BCUT2D eigenvalue weighted by molar-refractivity contribution is -0.142. The van der Waals surface area contributed by atoms with E-state index in [4.69, 9.17) is 15.2 Å². The molecule has 0 saturated carbocycles. The fourth-order valence-corrected chi connectivity index (χ4v) is 3.26. The maximum Gasteiger partial charge on any atom is 0.327 e. The van der Waals surface area contributed by atoms with Gasteiger partial charge in [0.1, 0.15) is 6.04 Å². The fourth-order valence-electron chi connectivity index (χ4n) is 3.26. The minimum Gasteiger partial charge on any atom is -0.468 e. The number of hydrogen-bond acceptors (Lipinski definition) is 5. The molecular weight excluding hydrogens is 294 g/mol. The van der Waals surface area contributed by atoms with Gasteiger partial charge in [-0.3, -0.25) is 9.69 Å². The molecule has 0 amide bonds. The molecule has 3 rings (SSSR count). The lowest BCUT2D eigenvalue weighted by Crippen LogP contribution is -2.22. The number of hydrogen-bond donors (Lipinski definition) is 1. The molecule has 0 fully saturated rings. The van der Waals surface area contributed by atoms with Crippen molar-refractivity contribution in [3.8, 4) is 0 Å². The van der Waals surface area contributed by atoms with Crippen LogP contribution in [0.1, 0.15) is 22.7 Å². The zero-order chi connectivity index (χ0) is 16.6. The van der Waals surface area contributed by atoms with Gasteiger partial charge in [-0.2, -0.15) is 0 Å². The molecule has 1 atom stereocenters. The van der Waals surface area contributed by atoms with Crippen molar-refractivity contribution in [1.82, 2.24) is 9.47 Å². The summed E-state index contributed by atoms with van der Waals surface area (Å²) in [6.45, 7) is 3.47. The Labute approximate surface area is 135 Å². The molecule has 1 unspecified atom stereocenters.